The molecule has 0 spiro atoms. The van der Waals surface area contributed by atoms with Crippen LogP contribution in [0.2, 0.25) is 0 Å². The first kappa shape index (κ1) is 38.7. The van der Waals surface area contributed by atoms with Crippen molar-refractivity contribution in [2.24, 2.45) is 0 Å². The van der Waals surface area contributed by atoms with E-state index in [-0.39, 0.29) is 7.27 Å². The van der Waals surface area contributed by atoms with Gasteiger partial charge in [0, 0.05) is 0 Å². The maximum absolute atomic E-state index is 6.68. The highest BCUT2D eigenvalue weighted by molar-refractivity contribution is 7.83. The fourth-order valence-electron chi connectivity index (χ4n) is 5.77. The van der Waals surface area contributed by atoms with Gasteiger partial charge in [-0.25, -0.2) is 0 Å². The van der Waals surface area contributed by atoms with Crippen LogP contribution in [0.25, 0.3) is 0 Å². The molecule has 0 bridgehead atoms. The third-order valence-electron chi connectivity index (χ3n) is 8.51. The summed E-state index contributed by atoms with van der Waals surface area (Å²) in [4.78, 5) is 0. The summed E-state index contributed by atoms with van der Waals surface area (Å²) in [5.74, 6) is 0. The molecular formula is C36H74ClP. The van der Waals surface area contributed by atoms with Crippen molar-refractivity contribution >= 4 is 18.5 Å². The number of rotatable bonds is 34. The van der Waals surface area contributed by atoms with Crippen molar-refractivity contribution in [1.29, 1.82) is 0 Å². The molecule has 230 valence electrons. The summed E-state index contributed by atoms with van der Waals surface area (Å²) in [6, 6.07) is 0. The predicted octanol–water partition coefficient (Wildman–Crippen LogP) is 15.1. The van der Waals surface area contributed by atoms with Crippen molar-refractivity contribution in [3.05, 3.63) is 0 Å². The summed E-state index contributed by atoms with van der Waals surface area (Å²) >= 11 is 6.68. The standard InChI is InChI=1S/C36H74ClP/c1-3-5-7-9-11-13-15-17-19-21-23-25-27-29-31-33-35-38(37)36-34-32-30-28-26-24-22-20-18-16-14-12-10-8-6-4-2/h3-36H2,1-2H3. The van der Waals surface area contributed by atoms with Crippen LogP contribution in [0.5, 0.6) is 0 Å². The highest BCUT2D eigenvalue weighted by Gasteiger charge is 2.04. The van der Waals surface area contributed by atoms with E-state index in [4.69, 9.17) is 11.2 Å². The molecule has 0 amide bonds. The minimum absolute atomic E-state index is 0.194. The predicted molar refractivity (Wildman–Crippen MR) is 182 cm³/mol. The van der Waals surface area contributed by atoms with Crippen LogP contribution in [0.4, 0.5) is 0 Å². The Hall–Kier alpha value is 0.720. The van der Waals surface area contributed by atoms with Crippen LogP contribution in [-0.2, 0) is 0 Å². The molecule has 0 aromatic heterocycles. The second kappa shape index (κ2) is 35.7. The van der Waals surface area contributed by atoms with Gasteiger partial charge in [-0.2, -0.15) is 0 Å². The average molecular weight is 573 g/mol. The molecule has 2 heteroatoms. The minimum atomic E-state index is -0.194. The zero-order chi connectivity index (χ0) is 27.6. The third-order valence-corrected chi connectivity index (χ3v) is 11.1. The van der Waals surface area contributed by atoms with Crippen LogP contribution in [0.1, 0.15) is 219 Å². The number of hydrogen-bond acceptors (Lipinski definition) is 0. The van der Waals surface area contributed by atoms with Gasteiger partial charge >= 0.3 is 0 Å². The highest BCUT2D eigenvalue weighted by Crippen LogP contribution is 2.43. The molecule has 0 heterocycles. The van der Waals surface area contributed by atoms with Gasteiger partial charge in [-0.1, -0.05) is 218 Å². The Kier molecular flexibility index (Phi) is 36.4. The Balaban J connectivity index is 3.13. The van der Waals surface area contributed by atoms with Gasteiger partial charge in [-0.15, -0.1) is 0 Å². The van der Waals surface area contributed by atoms with Crippen LogP contribution in [-0.4, -0.2) is 12.3 Å². The third kappa shape index (κ3) is 34.7. The SMILES string of the molecule is CCCCCCCCCCCCCCCCCCP(Cl)CCCCCCCCCCCCCCCCCC. The molecule has 0 saturated carbocycles. The van der Waals surface area contributed by atoms with E-state index in [1.807, 2.05) is 0 Å². The zero-order valence-electron chi connectivity index (χ0n) is 26.9. The van der Waals surface area contributed by atoms with E-state index in [1.165, 1.54) is 218 Å². The molecule has 0 fully saturated rings. The average Bonchev–Trinajstić information content (AvgIpc) is 2.92. The molecule has 0 radical (unpaired) electrons. The Bertz CT molecular complexity index is 363. The van der Waals surface area contributed by atoms with Crippen molar-refractivity contribution in [1.82, 2.24) is 0 Å². The van der Waals surface area contributed by atoms with Gasteiger partial charge in [0.1, 0.15) is 0 Å². The fourth-order valence-corrected chi connectivity index (χ4v) is 7.85. The van der Waals surface area contributed by atoms with Gasteiger partial charge in [-0.3, -0.25) is 0 Å². The number of hydrogen-bond donors (Lipinski definition) is 0. The summed E-state index contributed by atoms with van der Waals surface area (Å²) in [5, 5.41) is 0. The Morgan fingerprint density at radius 1 is 0.263 bits per heavy atom. The topological polar surface area (TPSA) is 0 Å². The van der Waals surface area contributed by atoms with Gasteiger partial charge in [0.2, 0.25) is 0 Å². The summed E-state index contributed by atoms with van der Waals surface area (Å²) in [5.41, 5.74) is 0. The molecule has 0 N–H and O–H groups in total. The molecule has 0 unspecified atom stereocenters. The first-order valence-corrected chi connectivity index (χ1v) is 20.8. The molecule has 0 atom stereocenters. The molecule has 0 aliphatic carbocycles. The van der Waals surface area contributed by atoms with Crippen LogP contribution in [0.3, 0.4) is 0 Å². The van der Waals surface area contributed by atoms with Crippen molar-refractivity contribution in [3.8, 4) is 0 Å². The molecule has 0 aliphatic heterocycles. The van der Waals surface area contributed by atoms with E-state index >= 15 is 0 Å². The lowest BCUT2D eigenvalue weighted by Gasteiger charge is -2.09. The van der Waals surface area contributed by atoms with Gasteiger partial charge in [0.05, 0.1) is 0 Å². The summed E-state index contributed by atoms with van der Waals surface area (Å²) in [6.07, 6.45) is 49.1. The molecule has 0 aliphatic rings. The van der Waals surface area contributed by atoms with Gasteiger partial charge in [0.25, 0.3) is 0 Å². The molecule has 0 aromatic rings. The zero-order valence-corrected chi connectivity index (χ0v) is 28.5. The molecule has 0 aromatic carbocycles. The van der Waals surface area contributed by atoms with Crippen molar-refractivity contribution in [2.45, 2.75) is 219 Å². The van der Waals surface area contributed by atoms with Crippen molar-refractivity contribution in [3.63, 3.8) is 0 Å². The van der Waals surface area contributed by atoms with Crippen molar-refractivity contribution < 1.29 is 0 Å². The first-order valence-electron chi connectivity index (χ1n) is 18.2. The molecule has 0 rings (SSSR count). The van der Waals surface area contributed by atoms with E-state index in [0.29, 0.717) is 0 Å². The lowest BCUT2D eigenvalue weighted by Crippen LogP contribution is -1.89. The Morgan fingerprint density at radius 2 is 0.421 bits per heavy atom. The monoisotopic (exact) mass is 573 g/mol. The highest BCUT2D eigenvalue weighted by atomic mass is 35.7. The molecule has 38 heavy (non-hydrogen) atoms. The largest absolute Gasteiger partial charge is 0.0964 e. The number of unbranched alkanes of at least 4 members (excludes halogenated alkanes) is 30. The molecule has 0 saturated heterocycles. The van der Waals surface area contributed by atoms with Crippen molar-refractivity contribution in [2.75, 3.05) is 12.3 Å². The summed E-state index contributed by atoms with van der Waals surface area (Å²) in [7, 11) is -0.194. The Labute approximate surface area is 249 Å². The maximum Gasteiger partial charge on any atom is -0.00973 e. The van der Waals surface area contributed by atoms with E-state index < -0.39 is 0 Å². The van der Waals surface area contributed by atoms with Crippen LogP contribution in [0.15, 0.2) is 0 Å². The number of halogens is 1. The van der Waals surface area contributed by atoms with Crippen LogP contribution < -0.4 is 0 Å². The maximum atomic E-state index is 6.68. The molecular weight excluding hydrogens is 499 g/mol. The second-order valence-corrected chi connectivity index (χ2v) is 15.8. The van der Waals surface area contributed by atoms with E-state index in [2.05, 4.69) is 13.8 Å². The van der Waals surface area contributed by atoms with E-state index in [0.717, 1.165) is 0 Å². The quantitative estimate of drug-likeness (QED) is 0.0531. The lowest BCUT2D eigenvalue weighted by atomic mass is 10.0. The van der Waals surface area contributed by atoms with Gasteiger partial charge < -0.3 is 0 Å². The lowest BCUT2D eigenvalue weighted by molar-refractivity contribution is 0.531. The van der Waals surface area contributed by atoms with E-state index in [9.17, 15) is 0 Å². The Morgan fingerprint density at radius 3 is 0.605 bits per heavy atom. The second-order valence-electron chi connectivity index (χ2n) is 12.5. The summed E-state index contributed by atoms with van der Waals surface area (Å²) in [6.45, 7) is 4.61. The van der Waals surface area contributed by atoms with Gasteiger partial charge in [0.15, 0.2) is 0 Å². The minimum Gasteiger partial charge on any atom is -0.0964 e. The molecule has 0 nitrogen and oxygen atoms in total. The van der Waals surface area contributed by atoms with Gasteiger partial charge in [-0.05, 0) is 32.4 Å². The summed E-state index contributed by atoms with van der Waals surface area (Å²) < 4.78 is 0. The van der Waals surface area contributed by atoms with Crippen LogP contribution >= 0.6 is 18.5 Å². The normalized spacial score (nSPS) is 11.7. The smallest absolute Gasteiger partial charge is 0.00973 e. The van der Waals surface area contributed by atoms with E-state index in [1.54, 1.807) is 0 Å². The first-order chi connectivity index (χ1) is 18.8. The fraction of sp³-hybridized carbons (Fsp3) is 1.00. The van der Waals surface area contributed by atoms with Crippen LogP contribution in [0, 0.1) is 0 Å².